The largest absolute Gasteiger partial charge is 0.304 e. The van der Waals surface area contributed by atoms with Crippen molar-refractivity contribution in [3.8, 4) is 6.07 Å². The molecule has 0 radical (unpaired) electrons. The van der Waals surface area contributed by atoms with Crippen LogP contribution in [0.15, 0.2) is 22.7 Å². The molecule has 0 aromatic heterocycles. The fourth-order valence-electron chi connectivity index (χ4n) is 2.15. The Bertz CT molecular complexity index is 464. The number of piperazine rings is 1. The summed E-state index contributed by atoms with van der Waals surface area (Å²) in [7, 11) is 2.10. The first-order valence-electron chi connectivity index (χ1n) is 5.89. The number of rotatable bonds is 2. The van der Waals surface area contributed by atoms with Gasteiger partial charge in [0.15, 0.2) is 0 Å². The van der Waals surface area contributed by atoms with E-state index in [0.717, 1.165) is 36.2 Å². The molecule has 96 valence electrons. The monoisotopic (exact) mass is 327 g/mol. The minimum atomic E-state index is -0.260. The third-order valence-electron chi connectivity index (χ3n) is 3.28. The zero-order valence-corrected chi connectivity index (χ0v) is 12.6. The van der Waals surface area contributed by atoms with Crippen LogP contribution in [-0.2, 0) is 0 Å². The molecule has 1 atom stereocenters. The van der Waals surface area contributed by atoms with Crippen LogP contribution in [0.4, 0.5) is 0 Å². The summed E-state index contributed by atoms with van der Waals surface area (Å²) < 4.78 is 0.955. The maximum absolute atomic E-state index is 9.43. The molecule has 0 N–H and O–H groups in total. The van der Waals surface area contributed by atoms with E-state index in [1.165, 1.54) is 0 Å². The summed E-state index contributed by atoms with van der Waals surface area (Å²) >= 11 is 9.64. The van der Waals surface area contributed by atoms with Gasteiger partial charge >= 0.3 is 0 Å². The Morgan fingerprint density at radius 2 is 2.00 bits per heavy atom. The molecule has 18 heavy (non-hydrogen) atoms. The number of benzene rings is 1. The lowest BCUT2D eigenvalue weighted by Crippen LogP contribution is -2.45. The second kappa shape index (κ2) is 6.03. The molecule has 1 aliphatic rings. The van der Waals surface area contributed by atoms with E-state index >= 15 is 0 Å². The van der Waals surface area contributed by atoms with Crippen molar-refractivity contribution >= 4 is 27.5 Å². The van der Waals surface area contributed by atoms with Gasteiger partial charge in [0.2, 0.25) is 0 Å². The number of hydrogen-bond donors (Lipinski definition) is 0. The SMILES string of the molecule is CN1CCN(C(C#N)c2cc(Br)ccc2Cl)CC1. The molecule has 0 spiro atoms. The van der Waals surface area contributed by atoms with Crippen molar-refractivity contribution in [1.82, 2.24) is 9.80 Å². The molecular formula is C13H15BrClN3. The normalized spacial score (nSPS) is 19.4. The third-order valence-corrected chi connectivity index (χ3v) is 4.12. The maximum atomic E-state index is 9.43. The van der Waals surface area contributed by atoms with Crippen molar-refractivity contribution in [2.24, 2.45) is 0 Å². The fourth-order valence-corrected chi connectivity index (χ4v) is 2.75. The van der Waals surface area contributed by atoms with Crippen molar-refractivity contribution < 1.29 is 0 Å². The van der Waals surface area contributed by atoms with Gasteiger partial charge in [-0.1, -0.05) is 27.5 Å². The third kappa shape index (κ3) is 3.04. The van der Waals surface area contributed by atoms with Crippen molar-refractivity contribution in [2.45, 2.75) is 6.04 Å². The lowest BCUT2D eigenvalue weighted by Gasteiger charge is -2.35. The van der Waals surface area contributed by atoms with Gasteiger partial charge in [0.1, 0.15) is 6.04 Å². The second-order valence-corrected chi connectivity index (χ2v) is 5.86. The van der Waals surface area contributed by atoms with Crippen LogP contribution in [0.5, 0.6) is 0 Å². The number of halogens is 2. The smallest absolute Gasteiger partial charge is 0.125 e. The Hall–Kier alpha value is -0.600. The van der Waals surface area contributed by atoms with Crippen LogP contribution in [0, 0.1) is 11.3 Å². The van der Waals surface area contributed by atoms with E-state index in [0.29, 0.717) is 5.02 Å². The standard InChI is InChI=1S/C13H15BrClN3/c1-17-4-6-18(7-5-17)13(9-16)11-8-10(14)2-3-12(11)15/h2-3,8,13H,4-7H2,1H3. The van der Waals surface area contributed by atoms with Crippen LogP contribution >= 0.6 is 27.5 Å². The van der Waals surface area contributed by atoms with Crippen LogP contribution in [-0.4, -0.2) is 43.0 Å². The zero-order chi connectivity index (χ0) is 13.1. The lowest BCUT2D eigenvalue weighted by molar-refractivity contribution is 0.133. The summed E-state index contributed by atoms with van der Waals surface area (Å²) in [4.78, 5) is 4.46. The minimum Gasteiger partial charge on any atom is -0.304 e. The summed E-state index contributed by atoms with van der Waals surface area (Å²) in [5.41, 5.74) is 0.887. The van der Waals surface area contributed by atoms with Gasteiger partial charge in [-0.3, -0.25) is 4.90 Å². The van der Waals surface area contributed by atoms with Gasteiger partial charge in [-0.15, -0.1) is 0 Å². The highest BCUT2D eigenvalue weighted by Crippen LogP contribution is 2.30. The predicted molar refractivity (Wildman–Crippen MR) is 76.6 cm³/mol. The Morgan fingerprint density at radius 1 is 1.33 bits per heavy atom. The summed E-state index contributed by atoms with van der Waals surface area (Å²) in [5.74, 6) is 0. The first kappa shape index (κ1) is 13.8. The Kier molecular flexibility index (Phi) is 4.63. The van der Waals surface area contributed by atoms with E-state index in [2.05, 4.69) is 38.8 Å². The average Bonchev–Trinajstić information content (AvgIpc) is 2.37. The van der Waals surface area contributed by atoms with Gasteiger partial charge in [0.25, 0.3) is 0 Å². The molecule has 0 amide bonds. The van der Waals surface area contributed by atoms with Crippen LogP contribution in [0.25, 0.3) is 0 Å². The van der Waals surface area contributed by atoms with E-state index in [4.69, 9.17) is 11.6 Å². The highest BCUT2D eigenvalue weighted by Gasteiger charge is 2.25. The molecule has 1 unspecified atom stereocenters. The van der Waals surface area contributed by atoms with E-state index < -0.39 is 0 Å². The average molecular weight is 329 g/mol. The molecule has 3 nitrogen and oxygen atoms in total. The molecule has 2 rings (SSSR count). The van der Waals surface area contributed by atoms with Gasteiger partial charge in [-0.25, -0.2) is 0 Å². The van der Waals surface area contributed by atoms with Crippen LogP contribution < -0.4 is 0 Å². The molecule has 0 bridgehead atoms. The van der Waals surface area contributed by atoms with Gasteiger partial charge in [0, 0.05) is 41.2 Å². The van der Waals surface area contributed by atoms with Gasteiger partial charge in [0.05, 0.1) is 6.07 Å². The number of likely N-dealkylation sites (N-methyl/N-ethyl adjacent to an activating group) is 1. The summed E-state index contributed by atoms with van der Waals surface area (Å²) in [6.07, 6.45) is 0. The molecule has 1 fully saturated rings. The number of nitrogens with zero attached hydrogens (tertiary/aromatic N) is 3. The maximum Gasteiger partial charge on any atom is 0.125 e. The molecule has 0 saturated carbocycles. The number of hydrogen-bond acceptors (Lipinski definition) is 3. The summed E-state index contributed by atoms with van der Waals surface area (Å²) in [6.45, 7) is 3.78. The van der Waals surface area contributed by atoms with E-state index in [-0.39, 0.29) is 6.04 Å². The van der Waals surface area contributed by atoms with Crippen molar-refractivity contribution in [1.29, 1.82) is 5.26 Å². The van der Waals surface area contributed by atoms with Crippen molar-refractivity contribution in [3.05, 3.63) is 33.3 Å². The Labute approximate surface area is 121 Å². The van der Waals surface area contributed by atoms with Gasteiger partial charge < -0.3 is 4.90 Å². The first-order valence-corrected chi connectivity index (χ1v) is 7.06. The Morgan fingerprint density at radius 3 is 2.61 bits per heavy atom. The number of nitriles is 1. The zero-order valence-electron chi connectivity index (χ0n) is 10.2. The molecule has 1 saturated heterocycles. The first-order chi connectivity index (χ1) is 8.61. The predicted octanol–water partition coefficient (Wildman–Crippen LogP) is 2.91. The molecular weight excluding hydrogens is 314 g/mol. The summed E-state index contributed by atoms with van der Waals surface area (Å²) in [6, 6.07) is 7.78. The van der Waals surface area contributed by atoms with Crippen molar-refractivity contribution in [2.75, 3.05) is 33.2 Å². The van der Waals surface area contributed by atoms with Crippen molar-refractivity contribution in [3.63, 3.8) is 0 Å². The summed E-state index contributed by atoms with van der Waals surface area (Å²) in [5, 5.41) is 10.1. The van der Waals surface area contributed by atoms with Crippen LogP contribution in [0.3, 0.4) is 0 Å². The highest BCUT2D eigenvalue weighted by molar-refractivity contribution is 9.10. The molecule has 1 aromatic carbocycles. The second-order valence-electron chi connectivity index (χ2n) is 4.54. The van der Waals surface area contributed by atoms with Crippen LogP contribution in [0.1, 0.15) is 11.6 Å². The van der Waals surface area contributed by atoms with E-state index in [9.17, 15) is 5.26 Å². The molecule has 1 heterocycles. The topological polar surface area (TPSA) is 30.3 Å². The molecule has 1 aromatic rings. The minimum absolute atomic E-state index is 0.260. The molecule has 5 heteroatoms. The molecule has 1 aliphatic heterocycles. The quantitative estimate of drug-likeness (QED) is 0.836. The molecule has 0 aliphatic carbocycles. The van der Waals surface area contributed by atoms with Gasteiger partial charge in [-0.2, -0.15) is 5.26 Å². The fraction of sp³-hybridized carbons (Fsp3) is 0.462. The van der Waals surface area contributed by atoms with Gasteiger partial charge in [-0.05, 0) is 25.2 Å². The highest BCUT2D eigenvalue weighted by atomic mass is 79.9. The van der Waals surface area contributed by atoms with Crippen LogP contribution in [0.2, 0.25) is 5.02 Å². The van der Waals surface area contributed by atoms with E-state index in [1.54, 1.807) is 0 Å². The Balaban J connectivity index is 2.23. The van der Waals surface area contributed by atoms with E-state index in [1.807, 2.05) is 18.2 Å². The lowest BCUT2D eigenvalue weighted by atomic mass is 10.1.